The van der Waals surface area contributed by atoms with Crippen LogP contribution in [-0.4, -0.2) is 34.6 Å². The van der Waals surface area contributed by atoms with Crippen LogP contribution < -0.4 is 9.80 Å². The van der Waals surface area contributed by atoms with Crippen LogP contribution >= 0.6 is 0 Å². The molecule has 178 valence electrons. The van der Waals surface area contributed by atoms with Crippen LogP contribution in [-0.2, 0) is 9.59 Å². The highest BCUT2D eigenvalue weighted by atomic mass is 19.1. The number of hydrogen-bond acceptors (Lipinski definition) is 6. The number of anilines is 2. The normalized spacial score (nSPS) is 23.9. The first-order chi connectivity index (χ1) is 17.4. The second kappa shape index (κ2) is 7.94. The highest BCUT2D eigenvalue weighted by molar-refractivity contribution is 6.25. The highest BCUT2D eigenvalue weighted by Crippen LogP contribution is 2.49. The van der Waals surface area contributed by atoms with Crippen LogP contribution in [0.25, 0.3) is 6.08 Å². The van der Waals surface area contributed by atoms with Crippen LogP contribution in [0, 0.1) is 27.8 Å². The van der Waals surface area contributed by atoms with Crippen LogP contribution in [0.4, 0.5) is 21.5 Å². The van der Waals surface area contributed by atoms with Crippen molar-refractivity contribution in [2.24, 2.45) is 11.8 Å². The number of carbonyl (C=O) groups is 3. The van der Waals surface area contributed by atoms with Crippen molar-refractivity contribution in [1.82, 2.24) is 0 Å². The Morgan fingerprint density at radius 1 is 0.917 bits per heavy atom. The van der Waals surface area contributed by atoms with Gasteiger partial charge in [-0.3, -0.25) is 24.5 Å². The van der Waals surface area contributed by atoms with Crippen LogP contribution in [0.15, 0.2) is 78.9 Å². The molecule has 8 nitrogen and oxygen atoms in total. The first-order valence-corrected chi connectivity index (χ1v) is 11.3. The molecule has 0 radical (unpaired) electrons. The van der Waals surface area contributed by atoms with Crippen molar-refractivity contribution >= 4 is 40.7 Å². The Balaban J connectivity index is 1.49. The predicted molar refractivity (Wildman–Crippen MR) is 129 cm³/mol. The van der Waals surface area contributed by atoms with Gasteiger partial charge < -0.3 is 4.90 Å². The number of Topliss-reactive ketones (excluding diaryl/α,β-unsaturated/α-hetero) is 1. The number of non-ortho nitro benzene ring substituents is 1. The van der Waals surface area contributed by atoms with Gasteiger partial charge in [-0.1, -0.05) is 42.5 Å². The lowest BCUT2D eigenvalue weighted by atomic mass is 9.86. The molecule has 0 aromatic heterocycles. The number of carbonyl (C=O) groups excluding carboxylic acids is 3. The average molecular weight is 483 g/mol. The topological polar surface area (TPSA) is 101 Å². The maximum absolute atomic E-state index is 13.9. The molecule has 6 rings (SSSR count). The second-order valence-electron chi connectivity index (χ2n) is 8.97. The summed E-state index contributed by atoms with van der Waals surface area (Å²) in [6.07, 6.45) is 3.69. The number of ketones is 1. The van der Waals surface area contributed by atoms with E-state index in [2.05, 4.69) is 0 Å². The molecule has 4 atom stereocenters. The zero-order valence-electron chi connectivity index (χ0n) is 18.7. The largest absolute Gasteiger partial charge is 0.352 e. The molecule has 0 spiro atoms. The number of benzene rings is 3. The molecule has 2 saturated heterocycles. The van der Waals surface area contributed by atoms with E-state index in [1.807, 2.05) is 36.4 Å². The number of nitro benzene ring substituents is 1. The van der Waals surface area contributed by atoms with Crippen molar-refractivity contribution in [3.63, 3.8) is 0 Å². The maximum Gasteiger partial charge on any atom is 0.270 e. The van der Waals surface area contributed by atoms with Crippen molar-refractivity contribution in [3.8, 4) is 0 Å². The molecular weight excluding hydrogens is 465 g/mol. The maximum atomic E-state index is 13.9. The summed E-state index contributed by atoms with van der Waals surface area (Å²) in [7, 11) is 0. The molecule has 36 heavy (non-hydrogen) atoms. The monoisotopic (exact) mass is 483 g/mol. The summed E-state index contributed by atoms with van der Waals surface area (Å²) < 4.78 is 13.5. The summed E-state index contributed by atoms with van der Waals surface area (Å²) in [4.78, 5) is 54.9. The zero-order valence-corrected chi connectivity index (χ0v) is 18.7. The minimum atomic E-state index is -1.06. The Morgan fingerprint density at radius 2 is 1.64 bits per heavy atom. The first kappa shape index (κ1) is 21.8. The third-order valence-corrected chi connectivity index (χ3v) is 7.11. The number of nitrogens with zero attached hydrogens (tertiary/aromatic N) is 3. The van der Waals surface area contributed by atoms with E-state index in [0.29, 0.717) is 5.69 Å². The second-order valence-corrected chi connectivity index (χ2v) is 8.97. The van der Waals surface area contributed by atoms with E-state index in [0.717, 1.165) is 10.5 Å². The number of para-hydroxylation sites is 1. The van der Waals surface area contributed by atoms with Gasteiger partial charge in [0.1, 0.15) is 11.9 Å². The quantitative estimate of drug-likeness (QED) is 0.241. The average Bonchev–Trinajstić information content (AvgIpc) is 3.37. The van der Waals surface area contributed by atoms with Gasteiger partial charge in [-0.05, 0) is 35.9 Å². The van der Waals surface area contributed by atoms with Crippen LogP contribution in [0.2, 0.25) is 0 Å². The lowest BCUT2D eigenvalue weighted by Crippen LogP contribution is -2.48. The standard InChI is InChI=1S/C27H18FN3O5/c28-17-9-11-18(12-10-17)29-26(33)22-21-13-8-15-4-1-2-7-20(15)30(21)24(23(22)27(29)34)25(32)16-5-3-6-19(14-16)31(35)36/h1-14,21-24H/t21-,22-,23-,24+/m1/s1. The Labute approximate surface area is 204 Å². The predicted octanol–water partition coefficient (Wildman–Crippen LogP) is 4.01. The fourth-order valence-corrected chi connectivity index (χ4v) is 5.60. The molecular formula is C27H18FN3O5. The minimum Gasteiger partial charge on any atom is -0.352 e. The molecule has 2 amide bonds. The molecule has 0 unspecified atom stereocenters. The lowest BCUT2D eigenvalue weighted by molar-refractivity contribution is -0.384. The van der Waals surface area contributed by atoms with E-state index >= 15 is 0 Å². The van der Waals surface area contributed by atoms with Gasteiger partial charge in [-0.25, -0.2) is 9.29 Å². The van der Waals surface area contributed by atoms with Crippen molar-refractivity contribution in [3.05, 3.63) is 106 Å². The van der Waals surface area contributed by atoms with E-state index in [1.165, 1.54) is 48.5 Å². The first-order valence-electron chi connectivity index (χ1n) is 11.3. The molecule has 3 aromatic carbocycles. The zero-order chi connectivity index (χ0) is 25.1. The van der Waals surface area contributed by atoms with Gasteiger partial charge in [0.05, 0.1) is 28.5 Å². The molecule has 0 saturated carbocycles. The van der Waals surface area contributed by atoms with Crippen LogP contribution in [0.5, 0.6) is 0 Å². The molecule has 3 aliphatic heterocycles. The van der Waals surface area contributed by atoms with Crippen LogP contribution in [0.3, 0.4) is 0 Å². The highest BCUT2D eigenvalue weighted by Gasteiger charge is 2.64. The smallest absolute Gasteiger partial charge is 0.270 e. The van der Waals surface area contributed by atoms with Gasteiger partial charge in [0.25, 0.3) is 5.69 Å². The summed E-state index contributed by atoms with van der Waals surface area (Å²) in [6.45, 7) is 0. The summed E-state index contributed by atoms with van der Waals surface area (Å²) in [5, 5.41) is 11.3. The number of fused-ring (bicyclic) bond motifs is 5. The summed E-state index contributed by atoms with van der Waals surface area (Å²) >= 11 is 0. The SMILES string of the molecule is O=C(c1cccc([N+](=O)[O-])c1)[C@@H]1[C@@H]2C(=O)N(c3ccc(F)cc3)C(=O)[C@@H]2[C@H]2C=Cc3ccccc3N21. The van der Waals surface area contributed by atoms with Gasteiger partial charge in [-0.15, -0.1) is 0 Å². The molecule has 2 fully saturated rings. The van der Waals surface area contributed by atoms with Gasteiger partial charge in [0.2, 0.25) is 11.8 Å². The third kappa shape index (κ3) is 3.09. The van der Waals surface area contributed by atoms with Crippen molar-refractivity contribution in [2.45, 2.75) is 12.1 Å². The van der Waals surface area contributed by atoms with Crippen LogP contribution in [0.1, 0.15) is 15.9 Å². The van der Waals surface area contributed by atoms with Gasteiger partial charge in [0, 0.05) is 23.4 Å². The van der Waals surface area contributed by atoms with E-state index in [9.17, 15) is 28.9 Å². The van der Waals surface area contributed by atoms with Gasteiger partial charge >= 0.3 is 0 Å². The van der Waals surface area contributed by atoms with Gasteiger partial charge in [-0.2, -0.15) is 0 Å². The van der Waals surface area contributed by atoms with Crippen molar-refractivity contribution < 1.29 is 23.7 Å². The molecule has 9 heteroatoms. The van der Waals surface area contributed by atoms with E-state index in [-0.39, 0.29) is 16.9 Å². The summed E-state index contributed by atoms with van der Waals surface area (Å²) in [5.74, 6) is -3.88. The molecule has 0 N–H and O–H groups in total. The number of rotatable bonds is 4. The Hall–Kier alpha value is -4.66. The molecule has 3 aliphatic rings. The number of amides is 2. The van der Waals surface area contributed by atoms with Crippen molar-refractivity contribution in [2.75, 3.05) is 9.80 Å². The third-order valence-electron chi connectivity index (χ3n) is 7.11. The molecule has 3 aromatic rings. The van der Waals surface area contributed by atoms with Crippen molar-refractivity contribution in [1.29, 1.82) is 0 Å². The number of imide groups is 1. The number of halogens is 1. The Bertz CT molecular complexity index is 1480. The Kier molecular flexibility index (Phi) is 4.82. The summed E-state index contributed by atoms with van der Waals surface area (Å²) in [6, 6.07) is 16.1. The van der Waals surface area contributed by atoms with Gasteiger partial charge in [0.15, 0.2) is 5.78 Å². The molecule has 0 aliphatic carbocycles. The van der Waals surface area contributed by atoms with E-state index in [1.54, 1.807) is 4.90 Å². The van der Waals surface area contributed by atoms with E-state index in [4.69, 9.17) is 0 Å². The number of nitro groups is 1. The fourth-order valence-electron chi connectivity index (χ4n) is 5.60. The molecule has 0 bridgehead atoms. The summed E-state index contributed by atoms with van der Waals surface area (Å²) in [5.41, 5.74) is 1.61. The fraction of sp³-hybridized carbons (Fsp3) is 0.148. The lowest BCUT2D eigenvalue weighted by Gasteiger charge is -2.36. The minimum absolute atomic E-state index is 0.0844. The van der Waals surface area contributed by atoms with E-state index < -0.39 is 52.3 Å². The number of hydrogen-bond donors (Lipinski definition) is 0. The molecule has 3 heterocycles. The Morgan fingerprint density at radius 3 is 2.39 bits per heavy atom.